The van der Waals surface area contributed by atoms with E-state index in [0.29, 0.717) is 0 Å². The van der Waals surface area contributed by atoms with Gasteiger partial charge >= 0.3 is 0 Å². The van der Waals surface area contributed by atoms with Crippen LogP contribution in [-0.4, -0.2) is 61.2 Å². The number of piperidine rings is 2. The molecule has 2 fully saturated rings. The van der Waals surface area contributed by atoms with Gasteiger partial charge in [0.2, 0.25) is 0 Å². The Bertz CT molecular complexity index is 238. The number of nitrogens with zero attached hydrogens (tertiary/aromatic N) is 2. The Labute approximate surface area is 119 Å². The van der Waals surface area contributed by atoms with Crippen molar-refractivity contribution in [2.45, 2.75) is 58.5 Å². The summed E-state index contributed by atoms with van der Waals surface area (Å²) in [6.45, 7) is 14.6. The molecule has 0 aromatic carbocycles. The highest BCUT2D eigenvalue weighted by molar-refractivity contribution is 4.79. The van der Waals surface area contributed by atoms with Gasteiger partial charge in [0.25, 0.3) is 0 Å². The molecule has 2 heterocycles. The Kier molecular flexibility index (Phi) is 6.11. The molecule has 0 aromatic rings. The maximum absolute atomic E-state index is 3.77. The largest absolute Gasteiger partial charge is 0.313 e. The first-order valence-corrected chi connectivity index (χ1v) is 8.35. The van der Waals surface area contributed by atoms with Gasteiger partial charge in [0.05, 0.1) is 0 Å². The molecular weight excluding hydrogens is 234 g/mol. The van der Waals surface area contributed by atoms with Gasteiger partial charge in [-0.2, -0.15) is 0 Å². The molecule has 0 saturated carbocycles. The lowest BCUT2D eigenvalue weighted by atomic mass is 9.99. The summed E-state index contributed by atoms with van der Waals surface area (Å²) in [6.07, 6.45) is 5.45. The molecular formula is C16H33N3. The van der Waals surface area contributed by atoms with Crippen LogP contribution >= 0.6 is 0 Å². The SMILES string of the molecule is CC1CCN(CCNC2CCN(C(C)C)CC2)CC1. The van der Waals surface area contributed by atoms with Gasteiger partial charge in [-0.05, 0) is 71.6 Å². The second-order valence-electron chi connectivity index (χ2n) is 6.88. The first-order chi connectivity index (χ1) is 9.15. The normalized spacial score (nSPS) is 25.3. The third kappa shape index (κ3) is 5.05. The van der Waals surface area contributed by atoms with Crippen LogP contribution in [0, 0.1) is 5.92 Å². The van der Waals surface area contributed by atoms with Crippen LogP contribution in [0.4, 0.5) is 0 Å². The minimum absolute atomic E-state index is 0.719. The fourth-order valence-corrected chi connectivity index (χ4v) is 3.33. The second-order valence-corrected chi connectivity index (χ2v) is 6.88. The van der Waals surface area contributed by atoms with E-state index in [2.05, 4.69) is 35.9 Å². The van der Waals surface area contributed by atoms with Crippen LogP contribution in [0.3, 0.4) is 0 Å². The number of rotatable bonds is 5. The van der Waals surface area contributed by atoms with Crippen molar-refractivity contribution >= 4 is 0 Å². The van der Waals surface area contributed by atoms with E-state index in [1.54, 1.807) is 0 Å². The summed E-state index contributed by atoms with van der Waals surface area (Å²) in [5, 5.41) is 3.77. The number of nitrogens with one attached hydrogen (secondary N) is 1. The molecule has 19 heavy (non-hydrogen) atoms. The molecule has 112 valence electrons. The molecule has 0 aliphatic carbocycles. The molecule has 1 N–H and O–H groups in total. The molecule has 0 bridgehead atoms. The number of likely N-dealkylation sites (tertiary alicyclic amines) is 2. The van der Waals surface area contributed by atoms with Gasteiger partial charge in [0.1, 0.15) is 0 Å². The van der Waals surface area contributed by atoms with E-state index >= 15 is 0 Å². The Balaban J connectivity index is 1.54. The number of hydrogen-bond donors (Lipinski definition) is 1. The zero-order chi connectivity index (χ0) is 13.7. The lowest BCUT2D eigenvalue weighted by Gasteiger charge is -2.35. The summed E-state index contributed by atoms with van der Waals surface area (Å²) < 4.78 is 0. The predicted molar refractivity (Wildman–Crippen MR) is 82.6 cm³/mol. The van der Waals surface area contributed by atoms with Gasteiger partial charge in [0.15, 0.2) is 0 Å². The molecule has 0 unspecified atom stereocenters. The van der Waals surface area contributed by atoms with Crippen molar-refractivity contribution in [2.75, 3.05) is 39.3 Å². The van der Waals surface area contributed by atoms with Crippen molar-refractivity contribution in [3.63, 3.8) is 0 Å². The minimum atomic E-state index is 0.719. The first kappa shape index (κ1) is 15.3. The minimum Gasteiger partial charge on any atom is -0.313 e. The zero-order valence-corrected chi connectivity index (χ0v) is 13.2. The molecule has 2 aliphatic rings. The van der Waals surface area contributed by atoms with Crippen LogP contribution in [0.2, 0.25) is 0 Å². The summed E-state index contributed by atoms with van der Waals surface area (Å²) in [7, 11) is 0. The van der Waals surface area contributed by atoms with Gasteiger partial charge in [-0.25, -0.2) is 0 Å². The van der Waals surface area contributed by atoms with Crippen molar-refractivity contribution in [3.05, 3.63) is 0 Å². The van der Waals surface area contributed by atoms with E-state index in [1.807, 2.05) is 0 Å². The average molecular weight is 267 g/mol. The quantitative estimate of drug-likeness (QED) is 0.824. The highest BCUT2D eigenvalue weighted by Crippen LogP contribution is 2.16. The zero-order valence-electron chi connectivity index (χ0n) is 13.2. The molecule has 3 heteroatoms. The summed E-state index contributed by atoms with van der Waals surface area (Å²) in [5.74, 6) is 0.949. The fraction of sp³-hybridized carbons (Fsp3) is 1.00. The smallest absolute Gasteiger partial charge is 0.0107 e. The van der Waals surface area contributed by atoms with Crippen LogP contribution in [-0.2, 0) is 0 Å². The molecule has 2 aliphatic heterocycles. The highest BCUT2D eigenvalue weighted by Gasteiger charge is 2.20. The van der Waals surface area contributed by atoms with E-state index in [9.17, 15) is 0 Å². The van der Waals surface area contributed by atoms with Gasteiger partial charge in [0, 0.05) is 25.2 Å². The molecule has 0 radical (unpaired) electrons. The van der Waals surface area contributed by atoms with Crippen molar-refractivity contribution in [3.8, 4) is 0 Å². The molecule has 0 spiro atoms. The summed E-state index contributed by atoms with van der Waals surface area (Å²) in [6, 6.07) is 1.48. The van der Waals surface area contributed by atoms with E-state index in [1.165, 1.54) is 65.0 Å². The Morgan fingerprint density at radius 2 is 1.63 bits per heavy atom. The van der Waals surface area contributed by atoms with Crippen LogP contribution in [0.25, 0.3) is 0 Å². The lowest BCUT2D eigenvalue weighted by Crippen LogP contribution is -2.47. The third-order valence-electron chi connectivity index (χ3n) is 5.00. The van der Waals surface area contributed by atoms with Gasteiger partial charge in [-0.1, -0.05) is 6.92 Å². The molecule has 3 nitrogen and oxygen atoms in total. The van der Waals surface area contributed by atoms with E-state index in [4.69, 9.17) is 0 Å². The molecule has 0 atom stereocenters. The van der Waals surface area contributed by atoms with Crippen molar-refractivity contribution in [2.24, 2.45) is 5.92 Å². The van der Waals surface area contributed by atoms with Crippen LogP contribution in [0.15, 0.2) is 0 Å². The Morgan fingerprint density at radius 1 is 1.00 bits per heavy atom. The molecule has 0 amide bonds. The Hall–Kier alpha value is -0.120. The summed E-state index contributed by atoms with van der Waals surface area (Å²) in [5.41, 5.74) is 0. The maximum atomic E-state index is 3.77. The van der Waals surface area contributed by atoms with Gasteiger partial charge < -0.3 is 15.1 Å². The average Bonchev–Trinajstić information content (AvgIpc) is 2.41. The van der Waals surface area contributed by atoms with E-state index in [-0.39, 0.29) is 0 Å². The van der Waals surface area contributed by atoms with Crippen LogP contribution in [0.1, 0.15) is 46.5 Å². The van der Waals surface area contributed by atoms with E-state index < -0.39 is 0 Å². The third-order valence-corrected chi connectivity index (χ3v) is 5.00. The fourth-order valence-electron chi connectivity index (χ4n) is 3.33. The topological polar surface area (TPSA) is 18.5 Å². The Morgan fingerprint density at radius 3 is 2.21 bits per heavy atom. The summed E-state index contributed by atoms with van der Waals surface area (Å²) >= 11 is 0. The number of hydrogen-bond acceptors (Lipinski definition) is 3. The lowest BCUT2D eigenvalue weighted by molar-refractivity contribution is 0.154. The monoisotopic (exact) mass is 267 g/mol. The second kappa shape index (κ2) is 7.61. The predicted octanol–water partition coefficient (Wildman–Crippen LogP) is 2.18. The molecule has 2 rings (SSSR count). The maximum Gasteiger partial charge on any atom is 0.0107 e. The van der Waals surface area contributed by atoms with Gasteiger partial charge in [-0.3, -0.25) is 0 Å². The van der Waals surface area contributed by atoms with Crippen molar-refractivity contribution < 1.29 is 0 Å². The van der Waals surface area contributed by atoms with Crippen molar-refractivity contribution in [1.82, 2.24) is 15.1 Å². The standard InChI is InChI=1S/C16H33N3/c1-14(2)19-11-6-16(7-12-19)17-8-13-18-9-4-15(3)5-10-18/h14-17H,4-13H2,1-3H3. The summed E-state index contributed by atoms with van der Waals surface area (Å²) in [4.78, 5) is 5.24. The van der Waals surface area contributed by atoms with Gasteiger partial charge in [-0.15, -0.1) is 0 Å². The molecule has 2 saturated heterocycles. The van der Waals surface area contributed by atoms with E-state index in [0.717, 1.165) is 18.0 Å². The highest BCUT2D eigenvalue weighted by atomic mass is 15.2. The first-order valence-electron chi connectivity index (χ1n) is 8.35. The molecule has 0 aromatic heterocycles. The van der Waals surface area contributed by atoms with Crippen molar-refractivity contribution in [1.29, 1.82) is 0 Å². The van der Waals surface area contributed by atoms with Crippen LogP contribution in [0.5, 0.6) is 0 Å². The van der Waals surface area contributed by atoms with Crippen LogP contribution < -0.4 is 5.32 Å².